The van der Waals surface area contributed by atoms with E-state index < -0.39 is 5.41 Å². The molecule has 7 rings (SSSR count). The van der Waals surface area contributed by atoms with Crippen molar-refractivity contribution in [2.24, 2.45) is 56.7 Å². The molecule has 0 bridgehead atoms. The molecule has 0 saturated heterocycles. The van der Waals surface area contributed by atoms with Crippen molar-refractivity contribution in [2.75, 3.05) is 0 Å². The van der Waals surface area contributed by atoms with Gasteiger partial charge < -0.3 is 4.74 Å². The van der Waals surface area contributed by atoms with Crippen LogP contribution in [0.25, 0.3) is 5.69 Å². The Bertz CT molecular complexity index is 1600. The molecule has 248 valence electrons. The summed E-state index contributed by atoms with van der Waals surface area (Å²) in [6, 6.07) is 7.51. The number of carbonyl (C=O) groups is 2. The normalized spacial score (nSPS) is 41.3. The molecule has 0 spiro atoms. The van der Waals surface area contributed by atoms with Crippen LogP contribution in [-0.4, -0.2) is 26.7 Å². The van der Waals surface area contributed by atoms with Gasteiger partial charge >= 0.3 is 5.97 Å². The van der Waals surface area contributed by atoms with Crippen LogP contribution in [0.1, 0.15) is 112 Å². The zero-order valence-corrected chi connectivity index (χ0v) is 29.6. The largest absolute Gasteiger partial charge is 0.459 e. The summed E-state index contributed by atoms with van der Waals surface area (Å²) in [6.07, 6.45) is 13.2. The molecule has 4 fully saturated rings. The standard InChI is InChI=1S/C39H52ClN3O3/c1-24-14-19-39(34(45)46-23-26-22-43(42-41-26)29-11-9-8-10-28(29)40)21-20-37(6)27(33(39)25(24)2)12-13-31-36(5)17-16-32(44)35(3,4)30(36)15-18-38(31,37)7/h8-12,22,24-25,30-31,33H,13-21,23H2,1-7H3/t24-,25+,30?,31?,33?,36+,37-,38-,39+/m1/s1. The van der Waals surface area contributed by atoms with Gasteiger partial charge in [0, 0.05) is 11.8 Å². The third kappa shape index (κ3) is 4.33. The second-order valence-electron chi connectivity index (χ2n) is 17.1. The van der Waals surface area contributed by atoms with Crippen LogP contribution in [0.2, 0.25) is 5.02 Å². The van der Waals surface area contributed by atoms with Gasteiger partial charge in [-0.3, -0.25) is 9.59 Å². The number of halogens is 1. The number of Topliss-reactive ketones (excluding diaryl/α,β-unsaturated/α-hetero) is 1. The van der Waals surface area contributed by atoms with E-state index >= 15 is 0 Å². The number of ketones is 1. The fourth-order valence-corrected chi connectivity index (χ4v) is 12.3. The summed E-state index contributed by atoms with van der Waals surface area (Å²) in [4.78, 5) is 27.6. The number of benzene rings is 1. The fourth-order valence-electron chi connectivity index (χ4n) is 12.0. The van der Waals surface area contributed by atoms with E-state index in [9.17, 15) is 9.59 Å². The van der Waals surface area contributed by atoms with E-state index in [-0.39, 0.29) is 40.2 Å². The first-order valence-corrected chi connectivity index (χ1v) is 18.1. The van der Waals surface area contributed by atoms with Gasteiger partial charge in [-0.1, -0.05) is 89.1 Å². The smallest absolute Gasteiger partial charge is 0.313 e. The molecule has 0 amide bonds. The maximum atomic E-state index is 14.4. The van der Waals surface area contributed by atoms with E-state index in [1.807, 2.05) is 24.3 Å². The van der Waals surface area contributed by atoms with Crippen molar-refractivity contribution in [3.8, 4) is 5.69 Å². The maximum absolute atomic E-state index is 14.4. The number of para-hydroxylation sites is 1. The predicted octanol–water partition coefficient (Wildman–Crippen LogP) is 9.19. The Morgan fingerprint density at radius 1 is 1.00 bits per heavy atom. The molecule has 1 heterocycles. The Morgan fingerprint density at radius 3 is 2.52 bits per heavy atom. The molecule has 46 heavy (non-hydrogen) atoms. The first-order valence-electron chi connectivity index (χ1n) is 17.8. The highest BCUT2D eigenvalue weighted by Crippen LogP contribution is 2.75. The number of carbonyl (C=O) groups excluding carboxylic acids is 2. The quantitative estimate of drug-likeness (QED) is 0.245. The third-order valence-electron chi connectivity index (χ3n) is 15.1. The highest BCUT2D eigenvalue weighted by Gasteiger charge is 2.69. The summed E-state index contributed by atoms with van der Waals surface area (Å²) in [7, 11) is 0. The summed E-state index contributed by atoms with van der Waals surface area (Å²) in [5.74, 6) is 2.47. The van der Waals surface area contributed by atoms with Gasteiger partial charge in [0.25, 0.3) is 0 Å². The average molecular weight is 646 g/mol. The second kappa shape index (κ2) is 10.8. The number of nitrogens with zero attached hydrogens (tertiary/aromatic N) is 3. The van der Waals surface area contributed by atoms with Gasteiger partial charge in [0.15, 0.2) is 0 Å². The lowest BCUT2D eigenvalue weighted by atomic mass is 9.33. The van der Waals surface area contributed by atoms with Crippen molar-refractivity contribution in [2.45, 2.75) is 113 Å². The molecule has 5 aliphatic rings. The van der Waals surface area contributed by atoms with E-state index in [4.69, 9.17) is 16.3 Å². The molecule has 7 heteroatoms. The highest BCUT2D eigenvalue weighted by atomic mass is 35.5. The molecule has 1 aromatic carbocycles. The van der Waals surface area contributed by atoms with Crippen LogP contribution in [0, 0.1) is 56.7 Å². The van der Waals surface area contributed by atoms with E-state index in [1.165, 1.54) is 5.57 Å². The lowest BCUT2D eigenvalue weighted by Gasteiger charge is -2.70. The van der Waals surface area contributed by atoms with Gasteiger partial charge in [-0.25, -0.2) is 4.68 Å². The minimum absolute atomic E-state index is 0.0207. The zero-order valence-electron chi connectivity index (χ0n) is 28.9. The van der Waals surface area contributed by atoms with Crippen LogP contribution < -0.4 is 0 Å². The lowest BCUT2D eigenvalue weighted by molar-refractivity contribution is -0.193. The summed E-state index contributed by atoms with van der Waals surface area (Å²) >= 11 is 6.38. The SMILES string of the molecule is C[C@@H]1CC[C@]2(C(=O)OCc3cn(-c4ccccc4Cl)nn3)CC[C@]3(C)C(=CCC4[C@@]5(C)CCC(=O)C(C)(C)C5CC[C@]43C)C2[C@H]1C. The number of allylic oxidation sites excluding steroid dienone is 2. The van der Waals surface area contributed by atoms with Crippen LogP contribution in [0.3, 0.4) is 0 Å². The minimum atomic E-state index is -0.514. The number of hydrogen-bond donors (Lipinski definition) is 0. The van der Waals surface area contributed by atoms with Gasteiger partial charge in [0.05, 0.1) is 22.3 Å². The van der Waals surface area contributed by atoms with Gasteiger partial charge in [-0.15, -0.1) is 5.10 Å². The third-order valence-corrected chi connectivity index (χ3v) is 15.5. The molecule has 4 saturated carbocycles. The van der Waals surface area contributed by atoms with Gasteiger partial charge in [-0.2, -0.15) is 0 Å². The molecule has 1 aromatic heterocycles. The van der Waals surface area contributed by atoms with Crippen LogP contribution in [0.4, 0.5) is 0 Å². The molecule has 0 radical (unpaired) electrons. The van der Waals surface area contributed by atoms with Crippen molar-refractivity contribution < 1.29 is 14.3 Å². The first-order chi connectivity index (χ1) is 21.7. The highest BCUT2D eigenvalue weighted by molar-refractivity contribution is 6.32. The summed E-state index contributed by atoms with van der Waals surface area (Å²) < 4.78 is 7.85. The molecule has 5 aliphatic carbocycles. The molecule has 6 nitrogen and oxygen atoms in total. The zero-order chi connectivity index (χ0) is 32.9. The van der Waals surface area contributed by atoms with E-state index in [1.54, 1.807) is 10.9 Å². The number of fused-ring (bicyclic) bond motifs is 7. The van der Waals surface area contributed by atoms with Gasteiger partial charge in [-0.05, 0) is 109 Å². The Labute approximate surface area is 280 Å². The summed E-state index contributed by atoms with van der Waals surface area (Å²) in [5, 5.41) is 9.16. The molecule has 3 unspecified atom stereocenters. The lowest BCUT2D eigenvalue weighted by Crippen LogP contribution is -2.65. The predicted molar refractivity (Wildman–Crippen MR) is 180 cm³/mol. The Kier molecular flexibility index (Phi) is 7.51. The topological polar surface area (TPSA) is 74.1 Å². The van der Waals surface area contributed by atoms with Gasteiger partial charge in [0.2, 0.25) is 0 Å². The van der Waals surface area contributed by atoms with E-state index in [0.29, 0.717) is 46.6 Å². The Balaban J connectivity index is 1.19. The molecular formula is C39H52ClN3O3. The van der Waals surface area contributed by atoms with Crippen LogP contribution in [0.5, 0.6) is 0 Å². The monoisotopic (exact) mass is 645 g/mol. The average Bonchev–Trinajstić information content (AvgIpc) is 3.49. The molecule has 0 N–H and O–H groups in total. The molecule has 9 atom stereocenters. The van der Waals surface area contributed by atoms with Crippen LogP contribution in [-0.2, 0) is 20.9 Å². The molecule has 2 aromatic rings. The van der Waals surface area contributed by atoms with Crippen molar-refractivity contribution >= 4 is 23.4 Å². The number of rotatable bonds is 4. The van der Waals surface area contributed by atoms with Crippen molar-refractivity contribution in [3.63, 3.8) is 0 Å². The van der Waals surface area contributed by atoms with Crippen molar-refractivity contribution in [3.05, 3.63) is 52.8 Å². The van der Waals surface area contributed by atoms with Gasteiger partial charge in [0.1, 0.15) is 18.1 Å². The Hall–Kier alpha value is -2.47. The summed E-state index contributed by atoms with van der Waals surface area (Å²) in [6.45, 7) is 17.0. The second-order valence-corrected chi connectivity index (χ2v) is 17.5. The maximum Gasteiger partial charge on any atom is 0.313 e. The minimum Gasteiger partial charge on any atom is -0.459 e. The van der Waals surface area contributed by atoms with Crippen LogP contribution in [0.15, 0.2) is 42.1 Å². The van der Waals surface area contributed by atoms with E-state index in [2.05, 4.69) is 64.9 Å². The van der Waals surface area contributed by atoms with E-state index in [0.717, 1.165) is 57.1 Å². The number of hydrogen-bond acceptors (Lipinski definition) is 5. The molecular weight excluding hydrogens is 594 g/mol. The number of aromatic nitrogens is 3. The van der Waals surface area contributed by atoms with Crippen LogP contribution >= 0.6 is 11.6 Å². The molecule has 0 aliphatic heterocycles. The first kappa shape index (κ1) is 32.1. The summed E-state index contributed by atoms with van der Waals surface area (Å²) in [5.41, 5.74) is 2.43. The van der Waals surface area contributed by atoms with Crippen molar-refractivity contribution in [1.82, 2.24) is 15.0 Å². The fraction of sp³-hybridized carbons (Fsp3) is 0.692. The Morgan fingerprint density at radius 2 is 1.76 bits per heavy atom. The number of ether oxygens (including phenoxy) is 1. The number of esters is 1. The van der Waals surface area contributed by atoms with Crippen molar-refractivity contribution in [1.29, 1.82) is 0 Å².